The van der Waals surface area contributed by atoms with Crippen LogP contribution in [0.5, 0.6) is 0 Å². The van der Waals surface area contributed by atoms with E-state index in [-0.39, 0.29) is 18.2 Å². The number of aliphatic hydroxyl groups excluding tert-OH is 1. The van der Waals surface area contributed by atoms with Crippen LogP contribution in [0, 0.1) is 0 Å². The van der Waals surface area contributed by atoms with Crippen LogP contribution in [0.4, 0.5) is 4.79 Å². The van der Waals surface area contributed by atoms with Crippen molar-refractivity contribution in [1.29, 1.82) is 0 Å². The normalized spacial score (nSPS) is 27.9. The van der Waals surface area contributed by atoms with Crippen molar-refractivity contribution in [3.63, 3.8) is 0 Å². The Morgan fingerprint density at radius 2 is 2.27 bits per heavy atom. The molecule has 11 heavy (non-hydrogen) atoms. The van der Waals surface area contributed by atoms with Gasteiger partial charge >= 0.3 is 6.09 Å². The highest BCUT2D eigenvalue weighted by Crippen LogP contribution is 2.35. The van der Waals surface area contributed by atoms with Gasteiger partial charge in [-0.3, -0.25) is 4.90 Å². The summed E-state index contributed by atoms with van der Waals surface area (Å²) in [5.74, 6) is 0. The van der Waals surface area contributed by atoms with E-state index in [0.717, 1.165) is 6.42 Å². The smallest absolute Gasteiger partial charge is 0.408 e. The summed E-state index contributed by atoms with van der Waals surface area (Å²) in [6.45, 7) is 3.64. The highest BCUT2D eigenvalue weighted by molar-refractivity contribution is 5.68. The first-order valence-electron chi connectivity index (χ1n) is 3.62. The molecule has 1 heterocycles. The summed E-state index contributed by atoms with van der Waals surface area (Å²) in [6.07, 6.45) is -0.198. The van der Waals surface area contributed by atoms with E-state index in [0.29, 0.717) is 0 Å². The first-order valence-corrected chi connectivity index (χ1v) is 3.62. The van der Waals surface area contributed by atoms with Gasteiger partial charge in [-0.15, -0.1) is 0 Å². The SMILES string of the molecule is CC1(C)CC(CO)N1C(=O)O. The van der Waals surface area contributed by atoms with Gasteiger partial charge in [-0.05, 0) is 20.3 Å². The fourth-order valence-corrected chi connectivity index (χ4v) is 1.71. The van der Waals surface area contributed by atoms with Crippen LogP contribution in [0.2, 0.25) is 0 Å². The maximum absolute atomic E-state index is 10.6. The van der Waals surface area contributed by atoms with E-state index in [9.17, 15) is 4.79 Å². The van der Waals surface area contributed by atoms with Gasteiger partial charge in [0.15, 0.2) is 0 Å². The van der Waals surface area contributed by atoms with Crippen molar-refractivity contribution < 1.29 is 15.0 Å². The molecule has 1 amide bonds. The van der Waals surface area contributed by atoms with E-state index in [2.05, 4.69) is 0 Å². The minimum Gasteiger partial charge on any atom is -0.465 e. The van der Waals surface area contributed by atoms with Crippen LogP contribution < -0.4 is 0 Å². The van der Waals surface area contributed by atoms with Crippen molar-refractivity contribution in [2.45, 2.75) is 31.8 Å². The predicted molar refractivity (Wildman–Crippen MR) is 39.4 cm³/mol. The van der Waals surface area contributed by atoms with Crippen molar-refractivity contribution in [1.82, 2.24) is 4.90 Å². The number of likely N-dealkylation sites (tertiary alicyclic amines) is 1. The number of aliphatic hydroxyl groups is 1. The second-order valence-electron chi connectivity index (χ2n) is 3.51. The van der Waals surface area contributed by atoms with Gasteiger partial charge in [0.25, 0.3) is 0 Å². The van der Waals surface area contributed by atoms with E-state index < -0.39 is 6.09 Å². The minimum absolute atomic E-state index is 0.0737. The molecular formula is C7H13NO3. The molecule has 0 aliphatic carbocycles. The van der Waals surface area contributed by atoms with Crippen LogP contribution in [-0.2, 0) is 0 Å². The maximum Gasteiger partial charge on any atom is 0.408 e. The Morgan fingerprint density at radius 1 is 1.73 bits per heavy atom. The van der Waals surface area contributed by atoms with E-state index in [4.69, 9.17) is 10.2 Å². The monoisotopic (exact) mass is 159 g/mol. The molecule has 0 saturated carbocycles. The first kappa shape index (κ1) is 8.33. The van der Waals surface area contributed by atoms with Crippen molar-refractivity contribution in [3.8, 4) is 0 Å². The second kappa shape index (κ2) is 2.37. The molecule has 2 N–H and O–H groups in total. The zero-order valence-electron chi connectivity index (χ0n) is 6.74. The molecule has 1 saturated heterocycles. The number of rotatable bonds is 1. The molecule has 1 aliphatic rings. The van der Waals surface area contributed by atoms with Crippen molar-refractivity contribution in [2.75, 3.05) is 6.61 Å². The molecule has 0 aromatic heterocycles. The highest BCUT2D eigenvalue weighted by Gasteiger charge is 2.47. The fraction of sp³-hybridized carbons (Fsp3) is 0.857. The van der Waals surface area contributed by atoms with Crippen LogP contribution in [0.15, 0.2) is 0 Å². The molecule has 1 atom stereocenters. The summed E-state index contributed by atoms with van der Waals surface area (Å²) in [7, 11) is 0. The van der Waals surface area contributed by atoms with E-state index >= 15 is 0 Å². The Kier molecular flexibility index (Phi) is 1.80. The lowest BCUT2D eigenvalue weighted by molar-refractivity contribution is -0.0508. The molecule has 1 unspecified atom stereocenters. The molecule has 0 radical (unpaired) electrons. The molecule has 4 heteroatoms. The number of carbonyl (C=O) groups is 1. The summed E-state index contributed by atoms with van der Waals surface area (Å²) in [4.78, 5) is 11.9. The lowest BCUT2D eigenvalue weighted by atomic mass is 9.82. The predicted octanol–water partition coefficient (Wildman–Crippen LogP) is 0.510. The maximum atomic E-state index is 10.6. The number of amides is 1. The Hall–Kier alpha value is -0.770. The topological polar surface area (TPSA) is 60.8 Å². The highest BCUT2D eigenvalue weighted by atomic mass is 16.4. The van der Waals surface area contributed by atoms with Gasteiger partial charge in [0.2, 0.25) is 0 Å². The molecule has 0 aromatic rings. The number of hydrogen-bond acceptors (Lipinski definition) is 2. The van der Waals surface area contributed by atoms with Crippen LogP contribution in [0.25, 0.3) is 0 Å². The van der Waals surface area contributed by atoms with Crippen LogP contribution in [0.1, 0.15) is 20.3 Å². The molecule has 0 bridgehead atoms. The largest absolute Gasteiger partial charge is 0.465 e. The van der Waals surface area contributed by atoms with Crippen LogP contribution in [0.3, 0.4) is 0 Å². The molecule has 1 rings (SSSR count). The third-order valence-electron chi connectivity index (χ3n) is 2.17. The summed E-state index contributed by atoms with van der Waals surface area (Å²) < 4.78 is 0. The third-order valence-corrected chi connectivity index (χ3v) is 2.17. The lowest BCUT2D eigenvalue weighted by Gasteiger charge is -2.52. The summed E-state index contributed by atoms with van der Waals surface area (Å²) in [5.41, 5.74) is -0.292. The molecule has 1 fully saturated rings. The quantitative estimate of drug-likeness (QED) is 0.586. The van der Waals surface area contributed by atoms with Gasteiger partial charge < -0.3 is 10.2 Å². The van der Waals surface area contributed by atoms with Crippen LogP contribution in [-0.4, -0.2) is 39.4 Å². The van der Waals surface area contributed by atoms with Gasteiger partial charge in [-0.1, -0.05) is 0 Å². The van der Waals surface area contributed by atoms with Gasteiger partial charge in [-0.25, -0.2) is 4.79 Å². The Bertz CT molecular complexity index is 179. The van der Waals surface area contributed by atoms with Gasteiger partial charge in [0.05, 0.1) is 12.6 Å². The number of hydrogen-bond donors (Lipinski definition) is 2. The minimum atomic E-state index is -0.944. The standard InChI is InChI=1S/C7H13NO3/c1-7(2)3-5(4-9)8(7)6(10)11/h5,9H,3-4H2,1-2H3,(H,10,11). The van der Waals surface area contributed by atoms with E-state index in [1.54, 1.807) is 0 Å². The first-order chi connectivity index (χ1) is 4.99. The van der Waals surface area contributed by atoms with Crippen LogP contribution >= 0.6 is 0 Å². The fourth-order valence-electron chi connectivity index (χ4n) is 1.71. The third kappa shape index (κ3) is 1.18. The van der Waals surface area contributed by atoms with Crippen molar-refractivity contribution >= 4 is 6.09 Å². The summed E-state index contributed by atoms with van der Waals surface area (Å²) in [5, 5.41) is 17.4. The van der Waals surface area contributed by atoms with Gasteiger partial charge in [0.1, 0.15) is 0 Å². The van der Waals surface area contributed by atoms with Crippen molar-refractivity contribution in [2.24, 2.45) is 0 Å². The number of carboxylic acid groups (broad SMARTS) is 1. The van der Waals surface area contributed by atoms with Crippen molar-refractivity contribution in [3.05, 3.63) is 0 Å². The summed E-state index contributed by atoms with van der Waals surface area (Å²) in [6, 6.07) is -0.192. The Balaban J connectivity index is 2.64. The molecule has 1 aliphatic heterocycles. The lowest BCUT2D eigenvalue weighted by Crippen LogP contribution is -2.65. The van der Waals surface area contributed by atoms with E-state index in [1.165, 1.54) is 4.90 Å². The average molecular weight is 159 g/mol. The number of nitrogens with zero attached hydrogens (tertiary/aromatic N) is 1. The molecule has 0 aromatic carbocycles. The summed E-state index contributed by atoms with van der Waals surface area (Å²) >= 11 is 0. The molecule has 4 nitrogen and oxygen atoms in total. The van der Waals surface area contributed by atoms with E-state index in [1.807, 2.05) is 13.8 Å². The molecule has 64 valence electrons. The van der Waals surface area contributed by atoms with Gasteiger partial charge in [-0.2, -0.15) is 0 Å². The zero-order valence-corrected chi connectivity index (χ0v) is 6.74. The second-order valence-corrected chi connectivity index (χ2v) is 3.51. The Labute approximate surface area is 65.4 Å². The molecular weight excluding hydrogens is 146 g/mol. The molecule has 0 spiro atoms. The Morgan fingerprint density at radius 3 is 2.45 bits per heavy atom. The van der Waals surface area contributed by atoms with Gasteiger partial charge in [0, 0.05) is 5.54 Å². The average Bonchev–Trinajstić information content (AvgIpc) is 1.81. The zero-order chi connectivity index (χ0) is 8.65.